The first-order valence-corrected chi connectivity index (χ1v) is 6.57. The first-order chi connectivity index (χ1) is 9.40. The number of nitrogens with zero attached hydrogens (tertiary/aromatic N) is 2. The number of carboxylic acids is 1. The van der Waals surface area contributed by atoms with E-state index in [0.29, 0.717) is 19.0 Å². The van der Waals surface area contributed by atoms with Gasteiger partial charge in [0.1, 0.15) is 5.69 Å². The Morgan fingerprint density at radius 1 is 1.40 bits per heavy atom. The largest absolute Gasteiger partial charge is 0.477 e. The highest BCUT2D eigenvalue weighted by atomic mass is 16.4. The van der Waals surface area contributed by atoms with Crippen LogP contribution in [0.25, 0.3) is 0 Å². The van der Waals surface area contributed by atoms with E-state index in [4.69, 9.17) is 5.11 Å². The molecule has 2 amide bonds. The van der Waals surface area contributed by atoms with Gasteiger partial charge < -0.3 is 15.3 Å². The fraction of sp³-hybridized carbons (Fsp3) is 0.500. The number of hydrogen-bond donors (Lipinski definition) is 2. The average molecular weight is 279 g/mol. The van der Waals surface area contributed by atoms with Crippen molar-refractivity contribution in [3.63, 3.8) is 0 Å². The van der Waals surface area contributed by atoms with Crippen LogP contribution in [0.15, 0.2) is 18.3 Å². The normalized spacial score (nSPS) is 10.4. The maximum Gasteiger partial charge on any atom is 0.354 e. The lowest BCUT2D eigenvalue weighted by atomic mass is 10.1. The molecule has 110 valence electrons. The Balaban J connectivity index is 2.42. The number of nitrogens with one attached hydrogen (secondary N) is 1. The Hall–Kier alpha value is -2.11. The van der Waals surface area contributed by atoms with Crippen LogP contribution in [0.5, 0.6) is 0 Å². The summed E-state index contributed by atoms with van der Waals surface area (Å²) in [6.07, 6.45) is 2.41. The zero-order valence-electron chi connectivity index (χ0n) is 12.1. The third-order valence-corrected chi connectivity index (χ3v) is 2.88. The topological polar surface area (TPSA) is 82.5 Å². The number of amides is 2. The quantitative estimate of drug-likeness (QED) is 0.834. The molecule has 0 aliphatic heterocycles. The van der Waals surface area contributed by atoms with Gasteiger partial charge in [-0.3, -0.25) is 0 Å². The van der Waals surface area contributed by atoms with Crippen molar-refractivity contribution in [2.45, 2.75) is 26.8 Å². The molecule has 1 rings (SSSR count). The highest BCUT2D eigenvalue weighted by Gasteiger charge is 2.09. The van der Waals surface area contributed by atoms with Gasteiger partial charge >= 0.3 is 12.0 Å². The van der Waals surface area contributed by atoms with Gasteiger partial charge in [0.05, 0.1) is 0 Å². The van der Waals surface area contributed by atoms with Crippen molar-refractivity contribution >= 4 is 12.0 Å². The van der Waals surface area contributed by atoms with Crippen LogP contribution in [-0.2, 0) is 6.54 Å². The van der Waals surface area contributed by atoms with E-state index < -0.39 is 5.97 Å². The van der Waals surface area contributed by atoms with E-state index in [1.807, 2.05) is 0 Å². The average Bonchev–Trinajstić information content (AvgIpc) is 2.42. The van der Waals surface area contributed by atoms with Crippen LogP contribution in [-0.4, -0.2) is 40.6 Å². The summed E-state index contributed by atoms with van der Waals surface area (Å²) in [4.78, 5) is 27.9. The number of urea groups is 1. The Morgan fingerprint density at radius 3 is 2.60 bits per heavy atom. The summed E-state index contributed by atoms with van der Waals surface area (Å²) in [6.45, 7) is 5.26. The molecule has 2 N–H and O–H groups in total. The van der Waals surface area contributed by atoms with E-state index in [1.54, 1.807) is 18.0 Å². The zero-order chi connectivity index (χ0) is 15.1. The summed E-state index contributed by atoms with van der Waals surface area (Å²) in [5.41, 5.74) is 0.759. The molecule has 0 bridgehead atoms. The van der Waals surface area contributed by atoms with E-state index in [1.165, 1.54) is 12.3 Å². The molecule has 6 nitrogen and oxygen atoms in total. The predicted molar refractivity (Wildman–Crippen MR) is 75.5 cm³/mol. The number of aromatic nitrogens is 1. The van der Waals surface area contributed by atoms with Crippen LogP contribution in [0.3, 0.4) is 0 Å². The Morgan fingerprint density at radius 2 is 2.10 bits per heavy atom. The lowest BCUT2D eigenvalue weighted by Gasteiger charge is -2.18. The standard InChI is InChI=1S/C14H21N3O3/c1-10(2)6-7-17(3)14(20)16-9-11-4-5-12(13(18)19)15-8-11/h4-5,8,10H,6-7,9H2,1-3H3,(H,16,20)(H,18,19). The van der Waals surface area contributed by atoms with E-state index in [9.17, 15) is 9.59 Å². The Bertz CT molecular complexity index is 457. The second-order valence-corrected chi connectivity index (χ2v) is 5.12. The number of aromatic carboxylic acids is 1. The van der Waals surface area contributed by atoms with Crippen molar-refractivity contribution < 1.29 is 14.7 Å². The van der Waals surface area contributed by atoms with Crippen molar-refractivity contribution in [1.29, 1.82) is 0 Å². The number of hydrogen-bond acceptors (Lipinski definition) is 3. The van der Waals surface area contributed by atoms with E-state index in [2.05, 4.69) is 24.1 Å². The van der Waals surface area contributed by atoms with Crippen molar-refractivity contribution in [2.75, 3.05) is 13.6 Å². The van der Waals surface area contributed by atoms with Crippen LogP contribution in [0.2, 0.25) is 0 Å². The van der Waals surface area contributed by atoms with Gasteiger partial charge in [-0.2, -0.15) is 0 Å². The van der Waals surface area contributed by atoms with Crippen molar-refractivity contribution in [3.05, 3.63) is 29.6 Å². The van der Waals surface area contributed by atoms with E-state index in [-0.39, 0.29) is 11.7 Å². The number of rotatable bonds is 6. The fourth-order valence-corrected chi connectivity index (χ4v) is 1.52. The molecular weight excluding hydrogens is 258 g/mol. The fourth-order valence-electron chi connectivity index (χ4n) is 1.52. The second kappa shape index (κ2) is 7.47. The third kappa shape index (κ3) is 5.26. The van der Waals surface area contributed by atoms with Crippen molar-refractivity contribution in [3.8, 4) is 0 Å². The number of pyridine rings is 1. The molecule has 0 aliphatic carbocycles. The van der Waals surface area contributed by atoms with E-state index >= 15 is 0 Å². The van der Waals surface area contributed by atoms with Crippen LogP contribution < -0.4 is 5.32 Å². The van der Waals surface area contributed by atoms with Gasteiger partial charge in [-0.05, 0) is 24.0 Å². The molecule has 0 spiro atoms. The van der Waals surface area contributed by atoms with Crippen LogP contribution in [0, 0.1) is 5.92 Å². The maximum absolute atomic E-state index is 11.8. The number of carboxylic acid groups (broad SMARTS) is 1. The van der Waals surface area contributed by atoms with Gasteiger partial charge in [0.2, 0.25) is 0 Å². The molecule has 0 radical (unpaired) electrons. The lowest BCUT2D eigenvalue weighted by Crippen LogP contribution is -2.37. The van der Waals surface area contributed by atoms with Gasteiger partial charge in [0.25, 0.3) is 0 Å². The summed E-state index contributed by atoms with van der Waals surface area (Å²) >= 11 is 0. The Labute approximate surface area is 118 Å². The summed E-state index contributed by atoms with van der Waals surface area (Å²) in [5.74, 6) is -0.507. The molecule has 1 heterocycles. The smallest absolute Gasteiger partial charge is 0.354 e. The minimum absolute atomic E-state index is 0.00544. The molecule has 20 heavy (non-hydrogen) atoms. The molecular formula is C14H21N3O3. The molecule has 0 fully saturated rings. The molecule has 0 saturated carbocycles. The van der Waals surface area contributed by atoms with Crippen LogP contribution >= 0.6 is 0 Å². The minimum Gasteiger partial charge on any atom is -0.477 e. The maximum atomic E-state index is 11.8. The molecule has 0 saturated heterocycles. The summed E-state index contributed by atoms with van der Waals surface area (Å²) in [6, 6.07) is 2.92. The lowest BCUT2D eigenvalue weighted by molar-refractivity contribution is 0.0690. The van der Waals surface area contributed by atoms with Gasteiger partial charge in [-0.25, -0.2) is 14.6 Å². The molecule has 1 aromatic heterocycles. The number of carbonyl (C=O) groups excluding carboxylic acids is 1. The van der Waals surface area contributed by atoms with Gasteiger partial charge in [0, 0.05) is 26.3 Å². The molecule has 0 unspecified atom stereocenters. The second-order valence-electron chi connectivity index (χ2n) is 5.12. The van der Waals surface area contributed by atoms with E-state index in [0.717, 1.165) is 12.0 Å². The summed E-state index contributed by atoms with van der Waals surface area (Å²) in [7, 11) is 1.75. The molecule has 6 heteroatoms. The summed E-state index contributed by atoms with van der Waals surface area (Å²) in [5, 5.41) is 11.5. The minimum atomic E-state index is -1.06. The number of carbonyl (C=O) groups is 2. The highest BCUT2D eigenvalue weighted by molar-refractivity contribution is 5.85. The summed E-state index contributed by atoms with van der Waals surface area (Å²) < 4.78 is 0. The highest BCUT2D eigenvalue weighted by Crippen LogP contribution is 2.02. The predicted octanol–water partition coefficient (Wildman–Crippen LogP) is 1.97. The Kier molecular flexibility index (Phi) is 5.96. The molecule has 0 aromatic carbocycles. The molecule has 0 aliphatic rings. The van der Waals surface area contributed by atoms with Gasteiger partial charge in [-0.15, -0.1) is 0 Å². The monoisotopic (exact) mass is 279 g/mol. The van der Waals surface area contributed by atoms with Crippen LogP contribution in [0.1, 0.15) is 36.3 Å². The van der Waals surface area contributed by atoms with Crippen molar-refractivity contribution in [2.24, 2.45) is 5.92 Å². The van der Waals surface area contributed by atoms with Gasteiger partial charge in [0.15, 0.2) is 0 Å². The third-order valence-electron chi connectivity index (χ3n) is 2.88. The first kappa shape index (κ1) is 15.9. The SMILES string of the molecule is CC(C)CCN(C)C(=O)NCc1ccc(C(=O)O)nc1. The van der Waals surface area contributed by atoms with Crippen molar-refractivity contribution in [1.82, 2.24) is 15.2 Å². The van der Waals surface area contributed by atoms with Gasteiger partial charge in [-0.1, -0.05) is 19.9 Å². The molecule has 1 aromatic rings. The zero-order valence-corrected chi connectivity index (χ0v) is 12.1. The molecule has 0 atom stereocenters. The first-order valence-electron chi connectivity index (χ1n) is 6.57. The van der Waals surface area contributed by atoms with Crippen LogP contribution in [0.4, 0.5) is 4.79 Å².